The average Bonchev–Trinajstić information content (AvgIpc) is 3.21. The Balaban J connectivity index is 1.43. The van der Waals surface area contributed by atoms with Crippen LogP contribution in [-0.2, 0) is 0 Å². The van der Waals surface area contributed by atoms with Crippen LogP contribution < -0.4 is 20.1 Å². The van der Waals surface area contributed by atoms with Crippen molar-refractivity contribution in [3.05, 3.63) is 53.8 Å². The van der Waals surface area contributed by atoms with Gasteiger partial charge < -0.3 is 24.5 Å². The van der Waals surface area contributed by atoms with E-state index in [0.29, 0.717) is 33.8 Å². The van der Waals surface area contributed by atoms with E-state index in [1.54, 1.807) is 48.7 Å². The fourth-order valence-electron chi connectivity index (χ4n) is 2.22. The first-order valence-electron chi connectivity index (χ1n) is 8.04. The number of rotatable bonds is 7. The van der Waals surface area contributed by atoms with Gasteiger partial charge in [0.15, 0.2) is 5.76 Å². The van der Waals surface area contributed by atoms with Crippen LogP contribution in [0.2, 0.25) is 5.02 Å². The zero-order valence-electron chi connectivity index (χ0n) is 14.4. The molecule has 8 nitrogen and oxygen atoms in total. The van der Waals surface area contributed by atoms with E-state index in [2.05, 4.69) is 20.8 Å². The van der Waals surface area contributed by atoms with E-state index in [4.69, 9.17) is 25.5 Å². The second kappa shape index (κ2) is 8.91. The summed E-state index contributed by atoms with van der Waals surface area (Å²) in [6.07, 6.45) is 1.57. The number of urea groups is 1. The quantitative estimate of drug-likeness (QED) is 0.600. The molecule has 0 aliphatic rings. The third-order valence-corrected chi connectivity index (χ3v) is 3.70. The highest BCUT2D eigenvalue weighted by molar-refractivity contribution is 6.31. The number of hydrogen-bond acceptors (Lipinski definition) is 6. The number of nitrogens with zero attached hydrogens (tertiary/aromatic N) is 2. The van der Waals surface area contributed by atoms with Crippen molar-refractivity contribution in [3.63, 3.8) is 0 Å². The highest BCUT2D eigenvalue weighted by atomic mass is 35.5. The number of furan rings is 1. The molecule has 0 saturated heterocycles. The second-order valence-electron chi connectivity index (χ2n) is 5.31. The molecule has 0 aliphatic heterocycles. The Hall–Kier alpha value is -3.26. The molecule has 9 heteroatoms. The molecule has 2 aromatic heterocycles. The summed E-state index contributed by atoms with van der Waals surface area (Å²) in [6, 6.07) is 11.5. The average molecular weight is 389 g/mol. The van der Waals surface area contributed by atoms with E-state index in [0.717, 1.165) is 0 Å². The maximum absolute atomic E-state index is 12.0. The number of carbonyl (C=O) groups excluding carboxylic acids is 1. The fraction of sp³-hybridized carbons (Fsp3) is 0.167. The smallest absolute Gasteiger partial charge is 0.319 e. The van der Waals surface area contributed by atoms with Gasteiger partial charge in [0, 0.05) is 11.1 Å². The SMILES string of the molecule is COc1ccc(Cl)cc1NC(=O)NCCOc1ccc(-c2ccco2)nn1. The van der Waals surface area contributed by atoms with E-state index in [9.17, 15) is 4.79 Å². The number of benzene rings is 1. The number of halogens is 1. The maximum atomic E-state index is 12.0. The lowest BCUT2D eigenvalue weighted by Crippen LogP contribution is -2.32. The van der Waals surface area contributed by atoms with Gasteiger partial charge in [0.1, 0.15) is 18.1 Å². The first kappa shape index (κ1) is 18.5. The minimum Gasteiger partial charge on any atom is -0.495 e. The number of anilines is 1. The molecule has 1 aromatic carbocycles. The molecule has 3 aromatic rings. The highest BCUT2D eigenvalue weighted by Crippen LogP contribution is 2.27. The summed E-state index contributed by atoms with van der Waals surface area (Å²) in [7, 11) is 1.51. The van der Waals surface area contributed by atoms with E-state index < -0.39 is 6.03 Å². The summed E-state index contributed by atoms with van der Waals surface area (Å²) in [4.78, 5) is 12.0. The third-order valence-electron chi connectivity index (χ3n) is 3.46. The summed E-state index contributed by atoms with van der Waals surface area (Å²) in [5.74, 6) is 1.49. The number of methoxy groups -OCH3 is 1. The fourth-order valence-corrected chi connectivity index (χ4v) is 2.39. The summed E-state index contributed by atoms with van der Waals surface area (Å²) < 4.78 is 15.9. The first-order valence-corrected chi connectivity index (χ1v) is 8.42. The molecule has 0 radical (unpaired) electrons. The molecule has 140 valence electrons. The lowest BCUT2D eigenvalue weighted by atomic mass is 10.3. The van der Waals surface area contributed by atoms with E-state index in [-0.39, 0.29) is 13.2 Å². The van der Waals surface area contributed by atoms with Crippen LogP contribution in [0.5, 0.6) is 11.6 Å². The molecule has 0 unspecified atom stereocenters. The van der Waals surface area contributed by atoms with Crippen LogP contribution >= 0.6 is 11.6 Å². The summed E-state index contributed by atoms with van der Waals surface area (Å²) in [5.41, 5.74) is 1.09. The number of carbonyl (C=O) groups is 1. The lowest BCUT2D eigenvalue weighted by Gasteiger charge is -2.11. The van der Waals surface area contributed by atoms with Gasteiger partial charge in [-0.15, -0.1) is 10.2 Å². The summed E-state index contributed by atoms with van der Waals surface area (Å²) in [6.45, 7) is 0.505. The third kappa shape index (κ3) is 5.11. The van der Waals surface area contributed by atoms with Crippen LogP contribution in [0, 0.1) is 0 Å². The molecule has 3 rings (SSSR count). The monoisotopic (exact) mass is 388 g/mol. The van der Waals surface area contributed by atoms with Crippen molar-refractivity contribution in [2.45, 2.75) is 0 Å². The predicted molar refractivity (Wildman–Crippen MR) is 100 cm³/mol. The zero-order valence-corrected chi connectivity index (χ0v) is 15.2. The largest absolute Gasteiger partial charge is 0.495 e. The number of nitrogens with one attached hydrogen (secondary N) is 2. The van der Waals surface area contributed by atoms with Crippen LogP contribution in [0.15, 0.2) is 53.1 Å². The number of aromatic nitrogens is 2. The van der Waals surface area contributed by atoms with Crippen molar-refractivity contribution in [1.82, 2.24) is 15.5 Å². The zero-order chi connectivity index (χ0) is 19.1. The predicted octanol–water partition coefficient (Wildman–Crippen LogP) is 3.60. The molecule has 2 amide bonds. The summed E-state index contributed by atoms with van der Waals surface area (Å²) >= 11 is 5.93. The normalized spacial score (nSPS) is 10.3. The molecule has 0 spiro atoms. The molecule has 2 N–H and O–H groups in total. The molecular formula is C18H17ClN4O4. The van der Waals surface area contributed by atoms with Crippen LogP contribution in [0.3, 0.4) is 0 Å². The van der Waals surface area contributed by atoms with Gasteiger partial charge in [0.2, 0.25) is 5.88 Å². The van der Waals surface area contributed by atoms with Crippen LogP contribution in [-0.4, -0.2) is 36.5 Å². The van der Waals surface area contributed by atoms with Crippen molar-refractivity contribution >= 4 is 23.3 Å². The topological polar surface area (TPSA) is 98.5 Å². The Morgan fingerprint density at radius 3 is 2.81 bits per heavy atom. The molecule has 2 heterocycles. The summed E-state index contributed by atoms with van der Waals surface area (Å²) in [5, 5.41) is 13.8. The Bertz CT molecular complexity index is 885. The van der Waals surface area contributed by atoms with Gasteiger partial charge in [-0.2, -0.15) is 0 Å². The Labute approximate surface area is 160 Å². The highest BCUT2D eigenvalue weighted by Gasteiger charge is 2.08. The Morgan fingerprint density at radius 1 is 1.22 bits per heavy atom. The number of hydrogen-bond donors (Lipinski definition) is 2. The van der Waals surface area contributed by atoms with Crippen molar-refractivity contribution in [2.24, 2.45) is 0 Å². The maximum Gasteiger partial charge on any atom is 0.319 e. The first-order chi connectivity index (χ1) is 13.2. The van der Waals surface area contributed by atoms with E-state index in [1.807, 2.05) is 0 Å². The van der Waals surface area contributed by atoms with Gasteiger partial charge in [0.05, 0.1) is 25.6 Å². The Morgan fingerprint density at radius 2 is 2.11 bits per heavy atom. The minimum atomic E-state index is -0.404. The molecule has 0 aliphatic carbocycles. The molecule has 0 fully saturated rings. The van der Waals surface area contributed by atoms with Gasteiger partial charge in [0.25, 0.3) is 0 Å². The van der Waals surface area contributed by atoms with Gasteiger partial charge >= 0.3 is 6.03 Å². The molecule has 0 atom stereocenters. The van der Waals surface area contributed by atoms with Crippen molar-refractivity contribution in [2.75, 3.05) is 25.6 Å². The van der Waals surface area contributed by atoms with Crippen LogP contribution in [0.1, 0.15) is 0 Å². The lowest BCUT2D eigenvalue weighted by molar-refractivity contribution is 0.246. The minimum absolute atomic E-state index is 0.231. The number of amides is 2. The van der Waals surface area contributed by atoms with Gasteiger partial charge in [-0.25, -0.2) is 4.79 Å². The standard InChI is InChI=1S/C18H17ClN4O4/c1-25-15-6-4-12(19)11-14(15)21-18(24)20-8-10-27-17-7-5-13(22-23-17)16-3-2-9-26-16/h2-7,9,11H,8,10H2,1H3,(H2,20,21,24). The van der Waals surface area contributed by atoms with E-state index >= 15 is 0 Å². The Kier molecular flexibility index (Phi) is 6.11. The molecule has 0 saturated carbocycles. The van der Waals surface area contributed by atoms with Gasteiger partial charge in [-0.3, -0.25) is 0 Å². The van der Waals surface area contributed by atoms with E-state index in [1.165, 1.54) is 7.11 Å². The van der Waals surface area contributed by atoms with Crippen molar-refractivity contribution in [3.8, 4) is 23.1 Å². The molecule has 0 bridgehead atoms. The van der Waals surface area contributed by atoms with Gasteiger partial charge in [-0.1, -0.05) is 11.6 Å². The van der Waals surface area contributed by atoms with Crippen LogP contribution in [0.4, 0.5) is 10.5 Å². The molecule has 27 heavy (non-hydrogen) atoms. The van der Waals surface area contributed by atoms with Crippen molar-refractivity contribution < 1.29 is 18.7 Å². The van der Waals surface area contributed by atoms with Gasteiger partial charge in [-0.05, 0) is 36.4 Å². The van der Waals surface area contributed by atoms with Crippen molar-refractivity contribution in [1.29, 1.82) is 0 Å². The van der Waals surface area contributed by atoms with Crippen LogP contribution in [0.25, 0.3) is 11.5 Å². The number of ether oxygens (including phenoxy) is 2. The molecular weight excluding hydrogens is 372 g/mol. The second-order valence-corrected chi connectivity index (χ2v) is 5.74.